The minimum absolute atomic E-state index is 0.0569. The van der Waals surface area contributed by atoms with E-state index in [1.165, 1.54) is 12.3 Å². The number of rotatable bonds is 5. The lowest BCUT2D eigenvalue weighted by Crippen LogP contribution is -2.24. The molecule has 1 atom stereocenters. The van der Waals surface area contributed by atoms with Gasteiger partial charge in [-0.1, -0.05) is 24.3 Å². The van der Waals surface area contributed by atoms with Gasteiger partial charge in [0, 0.05) is 19.3 Å². The summed E-state index contributed by atoms with van der Waals surface area (Å²) in [4.78, 5) is 3.77. The van der Waals surface area contributed by atoms with Crippen molar-refractivity contribution in [2.75, 3.05) is 6.54 Å². The molecule has 0 saturated carbocycles. The molecule has 118 valence electrons. The van der Waals surface area contributed by atoms with Gasteiger partial charge in [0.2, 0.25) is 0 Å². The zero-order valence-electron chi connectivity index (χ0n) is 12.1. The summed E-state index contributed by atoms with van der Waals surface area (Å²) in [5.74, 6) is 0. The van der Waals surface area contributed by atoms with Gasteiger partial charge in [0.05, 0.1) is 17.4 Å². The number of aliphatic hydroxyl groups excluding tert-OH is 1. The molecule has 1 unspecified atom stereocenters. The molecule has 2 aromatic rings. The number of benzene rings is 1. The Morgan fingerprint density at radius 2 is 1.91 bits per heavy atom. The maximum Gasteiger partial charge on any atom is 0.418 e. The Balaban J connectivity index is 1.99. The van der Waals surface area contributed by atoms with Crippen LogP contribution in [-0.2, 0) is 12.7 Å². The molecular formula is C16H17F3N2O. The highest BCUT2D eigenvalue weighted by molar-refractivity contribution is 5.28. The minimum atomic E-state index is -4.43. The summed E-state index contributed by atoms with van der Waals surface area (Å²) in [6.45, 7) is 1.97. The SMILES string of the molecule is Cc1ccccc1C(O)CNCc1ncccc1C(F)(F)F. The number of pyridine rings is 1. The summed E-state index contributed by atoms with van der Waals surface area (Å²) in [5, 5.41) is 12.9. The van der Waals surface area contributed by atoms with Gasteiger partial charge in [-0.25, -0.2) is 0 Å². The third-order valence-electron chi connectivity index (χ3n) is 3.37. The second-order valence-corrected chi connectivity index (χ2v) is 5.00. The van der Waals surface area contributed by atoms with E-state index in [0.717, 1.165) is 17.2 Å². The van der Waals surface area contributed by atoms with Crippen molar-refractivity contribution in [2.24, 2.45) is 0 Å². The van der Waals surface area contributed by atoms with Gasteiger partial charge < -0.3 is 10.4 Å². The van der Waals surface area contributed by atoms with Crippen LogP contribution >= 0.6 is 0 Å². The highest BCUT2D eigenvalue weighted by atomic mass is 19.4. The molecule has 3 nitrogen and oxygen atoms in total. The number of nitrogens with one attached hydrogen (secondary N) is 1. The van der Waals surface area contributed by atoms with Crippen LogP contribution in [0, 0.1) is 6.92 Å². The topological polar surface area (TPSA) is 45.1 Å². The summed E-state index contributed by atoms with van der Waals surface area (Å²) >= 11 is 0. The Morgan fingerprint density at radius 3 is 2.59 bits per heavy atom. The number of hydrogen-bond donors (Lipinski definition) is 2. The van der Waals surface area contributed by atoms with Crippen molar-refractivity contribution >= 4 is 0 Å². The number of nitrogens with zero attached hydrogens (tertiary/aromatic N) is 1. The van der Waals surface area contributed by atoms with E-state index in [2.05, 4.69) is 10.3 Å². The van der Waals surface area contributed by atoms with E-state index in [1.54, 1.807) is 6.07 Å². The largest absolute Gasteiger partial charge is 0.418 e. The number of halogens is 3. The number of alkyl halides is 3. The molecule has 1 aromatic heterocycles. The third-order valence-corrected chi connectivity index (χ3v) is 3.37. The maximum absolute atomic E-state index is 12.8. The molecule has 0 spiro atoms. The summed E-state index contributed by atoms with van der Waals surface area (Å²) in [6, 6.07) is 9.60. The molecule has 0 radical (unpaired) electrons. The molecule has 0 amide bonds. The minimum Gasteiger partial charge on any atom is -0.387 e. The van der Waals surface area contributed by atoms with Crippen LogP contribution in [0.15, 0.2) is 42.6 Å². The van der Waals surface area contributed by atoms with Crippen LogP contribution in [-0.4, -0.2) is 16.6 Å². The zero-order chi connectivity index (χ0) is 16.2. The summed E-state index contributed by atoms with van der Waals surface area (Å²) in [6.07, 6.45) is -3.89. The van der Waals surface area contributed by atoms with Crippen molar-refractivity contribution in [1.29, 1.82) is 0 Å². The fourth-order valence-corrected chi connectivity index (χ4v) is 2.23. The fraction of sp³-hybridized carbons (Fsp3) is 0.312. The van der Waals surface area contributed by atoms with E-state index in [-0.39, 0.29) is 18.8 Å². The first kappa shape index (κ1) is 16.5. The first-order valence-electron chi connectivity index (χ1n) is 6.85. The first-order valence-corrected chi connectivity index (χ1v) is 6.85. The molecule has 2 N–H and O–H groups in total. The molecule has 0 aliphatic heterocycles. The lowest BCUT2D eigenvalue weighted by atomic mass is 10.0. The molecule has 2 rings (SSSR count). The second-order valence-electron chi connectivity index (χ2n) is 5.00. The van der Waals surface area contributed by atoms with Gasteiger partial charge in [-0.2, -0.15) is 13.2 Å². The van der Waals surface area contributed by atoms with E-state index in [1.807, 2.05) is 25.1 Å². The molecule has 22 heavy (non-hydrogen) atoms. The predicted octanol–water partition coefficient (Wildman–Crippen LogP) is 3.23. The van der Waals surface area contributed by atoms with Gasteiger partial charge in [-0.05, 0) is 30.2 Å². The number of hydrogen-bond acceptors (Lipinski definition) is 3. The van der Waals surface area contributed by atoms with Crippen molar-refractivity contribution in [3.05, 3.63) is 65.0 Å². The number of aromatic nitrogens is 1. The van der Waals surface area contributed by atoms with Crippen LogP contribution in [0.4, 0.5) is 13.2 Å². The zero-order valence-corrected chi connectivity index (χ0v) is 12.1. The second kappa shape index (κ2) is 6.89. The van der Waals surface area contributed by atoms with Gasteiger partial charge in [0.1, 0.15) is 0 Å². The van der Waals surface area contributed by atoms with Crippen molar-refractivity contribution in [3.8, 4) is 0 Å². The molecular weight excluding hydrogens is 293 g/mol. The van der Waals surface area contributed by atoms with Gasteiger partial charge in [-0.3, -0.25) is 4.98 Å². The van der Waals surface area contributed by atoms with Crippen LogP contribution < -0.4 is 5.32 Å². The maximum atomic E-state index is 12.8. The molecule has 0 fully saturated rings. The van der Waals surface area contributed by atoms with Gasteiger partial charge >= 0.3 is 6.18 Å². The molecule has 0 aliphatic carbocycles. The molecule has 6 heteroatoms. The van der Waals surface area contributed by atoms with E-state index >= 15 is 0 Å². The van der Waals surface area contributed by atoms with Crippen molar-refractivity contribution in [3.63, 3.8) is 0 Å². The van der Waals surface area contributed by atoms with Crippen molar-refractivity contribution in [2.45, 2.75) is 25.7 Å². The van der Waals surface area contributed by atoms with Crippen LogP contribution in [0.2, 0.25) is 0 Å². The molecule has 0 saturated heterocycles. The van der Waals surface area contributed by atoms with Crippen molar-refractivity contribution in [1.82, 2.24) is 10.3 Å². The third kappa shape index (κ3) is 4.05. The van der Waals surface area contributed by atoms with Gasteiger partial charge in [0.25, 0.3) is 0 Å². The van der Waals surface area contributed by atoms with Crippen LogP contribution in [0.3, 0.4) is 0 Å². The Kier molecular flexibility index (Phi) is 5.15. The predicted molar refractivity (Wildman–Crippen MR) is 77.1 cm³/mol. The Labute approximate surface area is 126 Å². The molecule has 1 aromatic carbocycles. The average molecular weight is 310 g/mol. The monoisotopic (exact) mass is 310 g/mol. The summed E-state index contributed by atoms with van der Waals surface area (Å²) in [5.41, 5.74) is 0.859. The Hall–Kier alpha value is -1.92. The highest BCUT2D eigenvalue weighted by Crippen LogP contribution is 2.30. The van der Waals surface area contributed by atoms with Crippen LogP contribution in [0.25, 0.3) is 0 Å². The van der Waals surface area contributed by atoms with Gasteiger partial charge in [0.15, 0.2) is 0 Å². The average Bonchev–Trinajstić information content (AvgIpc) is 2.47. The van der Waals surface area contributed by atoms with Crippen LogP contribution in [0.1, 0.15) is 28.5 Å². The van der Waals surface area contributed by atoms with E-state index in [4.69, 9.17) is 0 Å². The van der Waals surface area contributed by atoms with Gasteiger partial charge in [-0.15, -0.1) is 0 Å². The smallest absolute Gasteiger partial charge is 0.387 e. The van der Waals surface area contributed by atoms with Crippen molar-refractivity contribution < 1.29 is 18.3 Å². The quantitative estimate of drug-likeness (QED) is 0.891. The number of aliphatic hydroxyl groups is 1. The normalized spacial score (nSPS) is 13.1. The van der Waals surface area contributed by atoms with Crippen LogP contribution in [0.5, 0.6) is 0 Å². The fourth-order valence-electron chi connectivity index (χ4n) is 2.23. The Morgan fingerprint density at radius 1 is 1.18 bits per heavy atom. The summed E-state index contributed by atoms with van der Waals surface area (Å²) in [7, 11) is 0. The van der Waals surface area contributed by atoms with E-state index in [9.17, 15) is 18.3 Å². The molecule has 1 heterocycles. The Bertz CT molecular complexity index is 629. The first-order chi connectivity index (χ1) is 10.4. The standard InChI is InChI=1S/C16H17F3N2O/c1-11-5-2-3-6-12(11)15(22)10-20-9-14-13(16(17,18)19)7-4-8-21-14/h2-8,15,20,22H,9-10H2,1H3. The number of aryl methyl sites for hydroxylation is 1. The lowest BCUT2D eigenvalue weighted by Gasteiger charge is -2.16. The lowest BCUT2D eigenvalue weighted by molar-refractivity contribution is -0.138. The molecule has 0 bridgehead atoms. The highest BCUT2D eigenvalue weighted by Gasteiger charge is 2.33. The van der Waals surface area contributed by atoms with E-state index < -0.39 is 17.8 Å². The molecule has 0 aliphatic rings. The summed E-state index contributed by atoms with van der Waals surface area (Å²) < 4.78 is 38.5. The van der Waals surface area contributed by atoms with E-state index in [0.29, 0.717) is 0 Å².